The molecule has 0 radical (unpaired) electrons. The third-order valence-electron chi connectivity index (χ3n) is 5.71. The van der Waals surface area contributed by atoms with E-state index in [9.17, 15) is 9.18 Å². The molecule has 3 rings (SSSR count). The maximum Gasteiger partial charge on any atom is 0.223 e. The fraction of sp³-hybridized carbons (Fsp3) is 0.650. The summed E-state index contributed by atoms with van der Waals surface area (Å²) in [5.41, 5.74) is 0.877. The lowest BCUT2D eigenvalue weighted by Gasteiger charge is -2.33. The van der Waals surface area contributed by atoms with Gasteiger partial charge in [-0.2, -0.15) is 0 Å². The van der Waals surface area contributed by atoms with Crippen LogP contribution in [0.5, 0.6) is 0 Å². The fourth-order valence-electron chi connectivity index (χ4n) is 4.34. The highest BCUT2D eigenvalue weighted by Crippen LogP contribution is 2.35. The zero-order valence-electron chi connectivity index (χ0n) is 16.2. The Morgan fingerprint density at radius 3 is 2.74 bits per heavy atom. The first-order chi connectivity index (χ1) is 12.4. The number of nitrogens with one attached hydrogen (secondary N) is 2. The van der Waals surface area contributed by atoms with Gasteiger partial charge in [0.1, 0.15) is 5.82 Å². The quantitative estimate of drug-likeness (QED) is 0.779. The molecule has 4 atom stereocenters. The van der Waals surface area contributed by atoms with Crippen molar-refractivity contribution in [1.82, 2.24) is 15.5 Å². The monoisotopic (exact) mass is 417 g/mol. The molecule has 2 saturated heterocycles. The third kappa shape index (κ3) is 5.14. The van der Waals surface area contributed by atoms with Crippen LogP contribution in [0.3, 0.4) is 0 Å². The first kappa shape index (κ1) is 22.4. The molecular weight excluding hydrogens is 388 g/mol. The average molecular weight is 418 g/mol. The van der Waals surface area contributed by atoms with Crippen molar-refractivity contribution in [3.63, 3.8) is 0 Å². The van der Waals surface area contributed by atoms with Gasteiger partial charge >= 0.3 is 0 Å². The van der Waals surface area contributed by atoms with E-state index in [0.29, 0.717) is 12.1 Å². The Balaban J connectivity index is 0.00000261. The van der Waals surface area contributed by atoms with E-state index < -0.39 is 5.82 Å². The number of amides is 1. The van der Waals surface area contributed by atoms with Crippen LogP contribution in [0.1, 0.15) is 51.6 Å². The molecule has 0 aromatic heterocycles. The number of benzene rings is 1. The second-order valence-corrected chi connectivity index (χ2v) is 8.34. The minimum absolute atomic E-state index is 0. The van der Waals surface area contributed by atoms with Crippen molar-refractivity contribution in [2.75, 3.05) is 13.1 Å². The molecule has 2 aliphatic rings. The summed E-state index contributed by atoms with van der Waals surface area (Å²) in [6.45, 7) is 8.17. The molecule has 2 heterocycles. The Kier molecular flexibility index (Phi) is 7.93. The largest absolute Gasteiger partial charge is 0.351 e. The van der Waals surface area contributed by atoms with Crippen molar-refractivity contribution in [3.05, 3.63) is 34.6 Å². The number of halogens is 3. The molecule has 2 N–H and O–H groups in total. The highest BCUT2D eigenvalue weighted by molar-refractivity contribution is 6.30. The molecule has 2 fully saturated rings. The average Bonchev–Trinajstić information content (AvgIpc) is 3.01. The summed E-state index contributed by atoms with van der Waals surface area (Å²) in [5.74, 6) is -0.215. The Labute approximate surface area is 172 Å². The van der Waals surface area contributed by atoms with Crippen LogP contribution >= 0.6 is 24.0 Å². The molecule has 7 heteroatoms. The van der Waals surface area contributed by atoms with E-state index in [1.807, 2.05) is 6.07 Å². The van der Waals surface area contributed by atoms with Gasteiger partial charge in [0, 0.05) is 30.6 Å². The van der Waals surface area contributed by atoms with E-state index in [4.69, 9.17) is 11.6 Å². The maximum absolute atomic E-state index is 14.0. The van der Waals surface area contributed by atoms with E-state index in [0.717, 1.165) is 37.9 Å². The Morgan fingerprint density at radius 2 is 2.11 bits per heavy atom. The van der Waals surface area contributed by atoms with Gasteiger partial charge in [0.05, 0.1) is 11.1 Å². The van der Waals surface area contributed by atoms with Crippen molar-refractivity contribution >= 4 is 29.9 Å². The van der Waals surface area contributed by atoms with Gasteiger partial charge < -0.3 is 10.6 Å². The minimum atomic E-state index is -0.406. The van der Waals surface area contributed by atoms with Crippen LogP contribution in [0.25, 0.3) is 0 Å². The molecule has 0 bridgehead atoms. The molecule has 0 spiro atoms. The van der Waals surface area contributed by atoms with Crippen LogP contribution in [0.15, 0.2) is 18.2 Å². The summed E-state index contributed by atoms with van der Waals surface area (Å²) in [4.78, 5) is 15.2. The molecule has 0 aliphatic carbocycles. The van der Waals surface area contributed by atoms with Crippen LogP contribution in [0.2, 0.25) is 5.02 Å². The Morgan fingerprint density at radius 1 is 1.37 bits per heavy atom. The summed E-state index contributed by atoms with van der Waals surface area (Å²) in [6, 6.07) is 5.66. The molecular formula is C20H30Cl2FN3O. The fourth-order valence-corrected chi connectivity index (χ4v) is 4.46. The van der Waals surface area contributed by atoms with Crippen molar-refractivity contribution in [2.45, 2.75) is 64.2 Å². The minimum Gasteiger partial charge on any atom is -0.351 e. The summed E-state index contributed by atoms with van der Waals surface area (Å²) >= 11 is 5.86. The highest BCUT2D eigenvalue weighted by Gasteiger charge is 2.39. The van der Waals surface area contributed by atoms with Gasteiger partial charge in [-0.05, 0) is 64.3 Å². The smallest absolute Gasteiger partial charge is 0.223 e. The van der Waals surface area contributed by atoms with Gasteiger partial charge in [0.2, 0.25) is 5.91 Å². The van der Waals surface area contributed by atoms with Gasteiger partial charge in [-0.15, -0.1) is 12.4 Å². The number of carbonyl (C=O) groups excluding carboxylic acids is 1. The number of carbonyl (C=O) groups is 1. The van der Waals surface area contributed by atoms with Crippen LogP contribution in [0, 0.1) is 11.7 Å². The summed E-state index contributed by atoms with van der Waals surface area (Å²) < 4.78 is 14.0. The standard InChI is InChI=1S/C20H29ClFN3O.ClH/c1-12(2)25-9-7-18(19(25)14-4-5-16(21)17(22)11-14)24-20(26)15-6-8-23-13(3)10-15;/h4-5,11-13,15,18-19,23H,6-10H2,1-3H3,(H,24,26);1H/t13-,15-,18?,19?;/m0./s1. The normalized spacial score (nSPS) is 28.8. The lowest BCUT2D eigenvalue weighted by Crippen LogP contribution is -2.47. The highest BCUT2D eigenvalue weighted by atomic mass is 35.5. The summed E-state index contributed by atoms with van der Waals surface area (Å²) in [7, 11) is 0. The SMILES string of the molecule is CC(C)N1CCC(NC(=O)[C@H]2CCN[C@@H](C)C2)C1c1ccc(Cl)c(F)c1.Cl. The van der Waals surface area contributed by atoms with E-state index in [-0.39, 0.29) is 41.3 Å². The van der Waals surface area contributed by atoms with Gasteiger partial charge in [0.15, 0.2) is 0 Å². The first-order valence-electron chi connectivity index (χ1n) is 9.61. The Hall–Kier alpha value is -0.880. The molecule has 4 nitrogen and oxygen atoms in total. The van der Waals surface area contributed by atoms with Crippen molar-refractivity contribution in [1.29, 1.82) is 0 Å². The lowest BCUT2D eigenvalue weighted by atomic mass is 9.91. The number of nitrogens with zero attached hydrogens (tertiary/aromatic N) is 1. The van der Waals surface area contributed by atoms with Gasteiger partial charge in [-0.3, -0.25) is 9.69 Å². The predicted molar refractivity (Wildman–Crippen MR) is 110 cm³/mol. The van der Waals surface area contributed by atoms with E-state index in [2.05, 4.69) is 36.3 Å². The number of hydrogen-bond donors (Lipinski definition) is 2. The lowest BCUT2D eigenvalue weighted by molar-refractivity contribution is -0.127. The topological polar surface area (TPSA) is 44.4 Å². The number of rotatable bonds is 4. The molecule has 2 unspecified atom stereocenters. The van der Waals surface area contributed by atoms with Gasteiger partial charge in [0.25, 0.3) is 0 Å². The van der Waals surface area contributed by atoms with Gasteiger partial charge in [-0.1, -0.05) is 17.7 Å². The zero-order valence-corrected chi connectivity index (χ0v) is 17.7. The molecule has 1 aromatic carbocycles. The van der Waals surface area contributed by atoms with Crippen molar-refractivity contribution in [2.24, 2.45) is 5.92 Å². The molecule has 2 aliphatic heterocycles. The van der Waals surface area contributed by atoms with E-state index in [1.54, 1.807) is 6.07 Å². The van der Waals surface area contributed by atoms with Crippen LogP contribution in [-0.2, 0) is 4.79 Å². The number of likely N-dealkylation sites (tertiary alicyclic amines) is 1. The van der Waals surface area contributed by atoms with E-state index in [1.165, 1.54) is 6.07 Å². The van der Waals surface area contributed by atoms with Crippen LogP contribution in [-0.4, -0.2) is 42.0 Å². The van der Waals surface area contributed by atoms with Crippen molar-refractivity contribution < 1.29 is 9.18 Å². The molecule has 1 amide bonds. The predicted octanol–water partition coefficient (Wildman–Crippen LogP) is 3.93. The molecule has 1 aromatic rings. The second kappa shape index (κ2) is 9.55. The van der Waals surface area contributed by atoms with Crippen molar-refractivity contribution in [3.8, 4) is 0 Å². The first-order valence-corrected chi connectivity index (χ1v) is 9.99. The van der Waals surface area contributed by atoms with E-state index >= 15 is 0 Å². The van der Waals surface area contributed by atoms with Crippen LogP contribution < -0.4 is 10.6 Å². The summed E-state index contributed by atoms with van der Waals surface area (Å²) in [5, 5.41) is 6.79. The number of piperidine rings is 1. The van der Waals surface area contributed by atoms with Gasteiger partial charge in [-0.25, -0.2) is 4.39 Å². The number of hydrogen-bond acceptors (Lipinski definition) is 3. The zero-order chi connectivity index (χ0) is 18.8. The summed E-state index contributed by atoms with van der Waals surface area (Å²) in [6.07, 6.45) is 2.61. The maximum atomic E-state index is 14.0. The van der Waals surface area contributed by atoms with Crippen LogP contribution in [0.4, 0.5) is 4.39 Å². The Bertz CT molecular complexity index is 658. The third-order valence-corrected chi connectivity index (χ3v) is 6.01. The molecule has 0 saturated carbocycles. The molecule has 152 valence electrons. The molecule has 27 heavy (non-hydrogen) atoms. The second-order valence-electron chi connectivity index (χ2n) is 7.93.